The van der Waals surface area contributed by atoms with Gasteiger partial charge in [0.05, 0.1) is 0 Å². The summed E-state index contributed by atoms with van der Waals surface area (Å²) in [5.41, 5.74) is 3.09. The molecule has 116 valence electrons. The van der Waals surface area contributed by atoms with Crippen LogP contribution in [0.3, 0.4) is 0 Å². The normalized spacial score (nSPS) is 10.2. The lowest BCUT2D eigenvalue weighted by molar-refractivity contribution is 1.04. The van der Waals surface area contributed by atoms with E-state index < -0.39 is 0 Å². The summed E-state index contributed by atoms with van der Waals surface area (Å²) >= 11 is 0. The van der Waals surface area contributed by atoms with E-state index >= 15 is 0 Å². The Labute approximate surface area is 136 Å². The van der Waals surface area contributed by atoms with Crippen LogP contribution in [0, 0.1) is 0 Å². The second-order valence-electron chi connectivity index (χ2n) is 5.35. The summed E-state index contributed by atoms with van der Waals surface area (Å²) < 4.78 is 0. The molecular weight excluding hydrogens is 286 g/mol. The first-order valence-electron chi connectivity index (χ1n) is 7.39. The fourth-order valence-electron chi connectivity index (χ4n) is 2.13. The van der Waals surface area contributed by atoms with Crippen molar-refractivity contribution in [1.82, 2.24) is 9.97 Å². The summed E-state index contributed by atoms with van der Waals surface area (Å²) in [6.45, 7) is 0. The van der Waals surface area contributed by atoms with Crippen LogP contribution in [-0.4, -0.2) is 24.1 Å². The third kappa shape index (κ3) is 3.97. The number of hydrogen-bond donors (Lipinski definition) is 2. The predicted molar refractivity (Wildman–Crippen MR) is 95.8 cm³/mol. The van der Waals surface area contributed by atoms with Gasteiger partial charge < -0.3 is 15.5 Å². The summed E-state index contributed by atoms with van der Waals surface area (Å²) in [6.07, 6.45) is 1.56. The van der Waals surface area contributed by atoms with Crippen LogP contribution in [0.2, 0.25) is 0 Å². The minimum atomic E-state index is 0.771. The van der Waals surface area contributed by atoms with Crippen LogP contribution in [0.25, 0.3) is 0 Å². The van der Waals surface area contributed by atoms with Gasteiger partial charge in [-0.3, -0.25) is 0 Å². The zero-order chi connectivity index (χ0) is 16.1. The van der Waals surface area contributed by atoms with Crippen molar-refractivity contribution < 1.29 is 0 Å². The predicted octanol–water partition coefficient (Wildman–Crippen LogP) is 4.03. The molecule has 5 nitrogen and oxygen atoms in total. The van der Waals surface area contributed by atoms with Crippen molar-refractivity contribution in [2.75, 3.05) is 29.6 Å². The van der Waals surface area contributed by atoms with Gasteiger partial charge >= 0.3 is 0 Å². The van der Waals surface area contributed by atoms with Crippen LogP contribution in [0.15, 0.2) is 67.0 Å². The Hall–Kier alpha value is -3.08. The van der Waals surface area contributed by atoms with Crippen molar-refractivity contribution in [3.8, 4) is 0 Å². The minimum absolute atomic E-state index is 0.771. The van der Waals surface area contributed by atoms with Crippen molar-refractivity contribution in [2.24, 2.45) is 0 Å². The van der Waals surface area contributed by atoms with Gasteiger partial charge in [-0.1, -0.05) is 18.2 Å². The molecule has 0 atom stereocenters. The van der Waals surface area contributed by atoms with Crippen molar-refractivity contribution in [1.29, 1.82) is 0 Å². The number of nitrogens with zero attached hydrogens (tertiary/aromatic N) is 3. The Morgan fingerprint density at radius 1 is 0.739 bits per heavy atom. The molecule has 23 heavy (non-hydrogen) atoms. The number of hydrogen-bond acceptors (Lipinski definition) is 5. The Kier molecular flexibility index (Phi) is 4.38. The highest BCUT2D eigenvalue weighted by Gasteiger charge is 2.01. The summed E-state index contributed by atoms with van der Waals surface area (Å²) in [5.74, 6) is 1.64. The molecular formula is C18H19N5. The van der Waals surface area contributed by atoms with E-state index in [1.54, 1.807) is 6.33 Å². The average molecular weight is 305 g/mol. The fourth-order valence-corrected chi connectivity index (χ4v) is 2.13. The molecule has 0 fully saturated rings. The molecule has 0 spiro atoms. The Bertz CT molecular complexity index is 754. The van der Waals surface area contributed by atoms with E-state index in [0.29, 0.717) is 0 Å². The van der Waals surface area contributed by atoms with E-state index in [9.17, 15) is 0 Å². The second-order valence-corrected chi connectivity index (χ2v) is 5.35. The number of anilines is 5. The van der Waals surface area contributed by atoms with Crippen LogP contribution in [0.5, 0.6) is 0 Å². The molecule has 0 radical (unpaired) electrons. The first-order chi connectivity index (χ1) is 11.2. The topological polar surface area (TPSA) is 53.1 Å². The fraction of sp³-hybridized carbons (Fsp3) is 0.111. The van der Waals surface area contributed by atoms with E-state index in [4.69, 9.17) is 0 Å². The number of nitrogens with one attached hydrogen (secondary N) is 2. The van der Waals surface area contributed by atoms with Crippen LogP contribution in [0.4, 0.5) is 28.7 Å². The van der Waals surface area contributed by atoms with Crippen molar-refractivity contribution in [3.63, 3.8) is 0 Å². The Morgan fingerprint density at radius 2 is 1.35 bits per heavy atom. The lowest BCUT2D eigenvalue weighted by Gasteiger charge is -2.13. The zero-order valence-electron chi connectivity index (χ0n) is 13.2. The van der Waals surface area contributed by atoms with E-state index in [1.807, 2.05) is 79.7 Å². The molecule has 0 saturated carbocycles. The first kappa shape index (κ1) is 14.8. The van der Waals surface area contributed by atoms with Gasteiger partial charge in [-0.15, -0.1) is 0 Å². The van der Waals surface area contributed by atoms with Crippen molar-refractivity contribution in [3.05, 3.63) is 67.0 Å². The maximum Gasteiger partial charge on any atom is 0.135 e. The van der Waals surface area contributed by atoms with Gasteiger partial charge in [-0.05, 0) is 36.4 Å². The number of benzene rings is 2. The average Bonchev–Trinajstić information content (AvgIpc) is 2.58. The smallest absolute Gasteiger partial charge is 0.135 e. The molecule has 3 rings (SSSR count). The molecule has 0 aliphatic carbocycles. The highest BCUT2D eigenvalue weighted by Crippen LogP contribution is 2.21. The van der Waals surface area contributed by atoms with Gasteiger partial charge in [0.15, 0.2) is 0 Å². The van der Waals surface area contributed by atoms with Crippen LogP contribution >= 0.6 is 0 Å². The largest absolute Gasteiger partial charge is 0.363 e. The van der Waals surface area contributed by atoms with E-state index in [0.717, 1.165) is 28.7 Å². The molecule has 0 amide bonds. The molecule has 0 bridgehead atoms. The molecule has 1 aromatic heterocycles. The van der Waals surface area contributed by atoms with Gasteiger partial charge in [-0.2, -0.15) is 0 Å². The molecule has 2 aromatic carbocycles. The number of para-hydroxylation sites is 1. The van der Waals surface area contributed by atoms with E-state index in [1.165, 1.54) is 0 Å². The summed E-state index contributed by atoms with van der Waals surface area (Å²) in [4.78, 5) is 10.4. The van der Waals surface area contributed by atoms with E-state index in [2.05, 4.69) is 20.6 Å². The van der Waals surface area contributed by atoms with Crippen LogP contribution < -0.4 is 15.5 Å². The number of rotatable bonds is 5. The van der Waals surface area contributed by atoms with Gasteiger partial charge in [-0.25, -0.2) is 9.97 Å². The molecule has 0 aliphatic rings. The molecule has 5 heteroatoms. The molecule has 3 aromatic rings. The zero-order valence-corrected chi connectivity index (χ0v) is 13.2. The van der Waals surface area contributed by atoms with Gasteiger partial charge in [0.2, 0.25) is 0 Å². The Balaban J connectivity index is 1.69. The third-order valence-corrected chi connectivity index (χ3v) is 3.33. The molecule has 0 saturated heterocycles. The van der Waals surface area contributed by atoms with Gasteiger partial charge in [0.25, 0.3) is 0 Å². The first-order valence-corrected chi connectivity index (χ1v) is 7.39. The summed E-state index contributed by atoms with van der Waals surface area (Å²) in [7, 11) is 3.91. The third-order valence-electron chi connectivity index (χ3n) is 3.33. The quantitative estimate of drug-likeness (QED) is 0.745. The highest BCUT2D eigenvalue weighted by molar-refractivity contribution is 5.65. The SMILES string of the molecule is CN(C)c1cc(Nc2ccc(Nc3ccccc3)cc2)ncn1. The molecule has 0 aliphatic heterocycles. The minimum Gasteiger partial charge on any atom is -0.363 e. The molecule has 1 heterocycles. The number of aromatic nitrogens is 2. The van der Waals surface area contributed by atoms with Crippen molar-refractivity contribution >= 4 is 28.7 Å². The monoisotopic (exact) mass is 305 g/mol. The highest BCUT2D eigenvalue weighted by atomic mass is 15.2. The van der Waals surface area contributed by atoms with E-state index in [-0.39, 0.29) is 0 Å². The maximum atomic E-state index is 4.24. The maximum absolute atomic E-state index is 4.24. The summed E-state index contributed by atoms with van der Waals surface area (Å²) in [5, 5.41) is 6.64. The second kappa shape index (κ2) is 6.79. The van der Waals surface area contributed by atoms with Gasteiger partial charge in [0.1, 0.15) is 18.0 Å². The summed E-state index contributed by atoms with van der Waals surface area (Å²) in [6, 6.07) is 20.1. The molecule has 2 N–H and O–H groups in total. The lowest BCUT2D eigenvalue weighted by atomic mass is 10.2. The standard InChI is InChI=1S/C18H19N5/c1-23(2)18-12-17(19-13-20-18)22-16-10-8-15(9-11-16)21-14-6-4-3-5-7-14/h3-13,21H,1-2H3,(H,19,20,22). The van der Waals surface area contributed by atoms with Crippen LogP contribution in [0.1, 0.15) is 0 Å². The van der Waals surface area contributed by atoms with Gasteiger partial charge in [0, 0.05) is 37.2 Å². The molecule has 0 unspecified atom stereocenters. The lowest BCUT2D eigenvalue weighted by Crippen LogP contribution is -2.11. The van der Waals surface area contributed by atoms with Crippen molar-refractivity contribution in [2.45, 2.75) is 0 Å². The van der Waals surface area contributed by atoms with Crippen LogP contribution in [-0.2, 0) is 0 Å². The Morgan fingerprint density at radius 3 is 2.00 bits per heavy atom.